The highest BCUT2D eigenvalue weighted by atomic mass is 19.1. The van der Waals surface area contributed by atoms with Crippen LogP contribution >= 0.6 is 0 Å². The van der Waals surface area contributed by atoms with E-state index >= 15 is 0 Å². The number of rotatable bonds is 2. The van der Waals surface area contributed by atoms with E-state index in [2.05, 4.69) is 20.5 Å². The average Bonchev–Trinajstić information content (AvgIpc) is 2.28. The second kappa shape index (κ2) is 4.22. The molecular formula is C11H11FN4. The van der Waals surface area contributed by atoms with Crippen molar-refractivity contribution in [2.45, 2.75) is 6.92 Å². The Hall–Kier alpha value is -2.04. The van der Waals surface area contributed by atoms with E-state index in [0.717, 1.165) is 0 Å². The predicted octanol–water partition coefficient (Wildman–Crippen LogP) is 2.03. The molecule has 0 saturated carbocycles. The second-order valence-corrected chi connectivity index (χ2v) is 3.32. The molecule has 1 heterocycles. The summed E-state index contributed by atoms with van der Waals surface area (Å²) in [4.78, 5) is 4.19. The van der Waals surface area contributed by atoms with Crippen LogP contribution in [0.3, 0.4) is 0 Å². The maximum atomic E-state index is 13.1. The van der Waals surface area contributed by atoms with Crippen LogP contribution in [0.5, 0.6) is 0 Å². The number of hydrogen-bond acceptors (Lipinski definition) is 4. The normalized spacial score (nSPS) is 10.2. The Bertz CT molecular complexity index is 513. The number of anilines is 1. The summed E-state index contributed by atoms with van der Waals surface area (Å²) in [7, 11) is 1.74. The molecule has 16 heavy (non-hydrogen) atoms. The Morgan fingerprint density at radius 1 is 1.25 bits per heavy atom. The lowest BCUT2D eigenvalue weighted by Gasteiger charge is -2.06. The lowest BCUT2D eigenvalue weighted by Crippen LogP contribution is -2.02. The van der Waals surface area contributed by atoms with Crippen LogP contribution in [0, 0.1) is 12.7 Å². The predicted molar refractivity (Wildman–Crippen MR) is 59.5 cm³/mol. The Kier molecular flexibility index (Phi) is 2.76. The van der Waals surface area contributed by atoms with Crippen molar-refractivity contribution in [3.63, 3.8) is 0 Å². The molecule has 2 rings (SSSR count). The van der Waals surface area contributed by atoms with E-state index in [1.807, 2.05) is 0 Å². The van der Waals surface area contributed by atoms with Gasteiger partial charge in [0.15, 0.2) is 5.82 Å². The van der Waals surface area contributed by atoms with Crippen molar-refractivity contribution in [1.82, 2.24) is 15.2 Å². The van der Waals surface area contributed by atoms with E-state index in [4.69, 9.17) is 0 Å². The van der Waals surface area contributed by atoms with E-state index < -0.39 is 0 Å². The Morgan fingerprint density at radius 2 is 2.06 bits per heavy atom. The molecule has 5 heteroatoms. The largest absolute Gasteiger partial charge is 0.371 e. The highest BCUT2D eigenvalue weighted by Gasteiger charge is 2.09. The van der Waals surface area contributed by atoms with Gasteiger partial charge < -0.3 is 5.32 Å². The summed E-state index contributed by atoms with van der Waals surface area (Å²) < 4.78 is 13.1. The number of nitrogens with one attached hydrogen (secondary N) is 1. The summed E-state index contributed by atoms with van der Waals surface area (Å²) in [6, 6.07) is 6.19. The van der Waals surface area contributed by atoms with Crippen molar-refractivity contribution in [3.05, 3.63) is 35.9 Å². The van der Waals surface area contributed by atoms with Crippen LogP contribution in [-0.2, 0) is 0 Å². The molecule has 1 aromatic heterocycles. The molecule has 0 unspecified atom stereocenters. The Morgan fingerprint density at radius 3 is 2.75 bits per heavy atom. The van der Waals surface area contributed by atoms with Crippen molar-refractivity contribution >= 4 is 5.82 Å². The van der Waals surface area contributed by atoms with Crippen LogP contribution in [0.15, 0.2) is 24.3 Å². The first-order valence-corrected chi connectivity index (χ1v) is 4.85. The molecule has 1 aromatic carbocycles. The topological polar surface area (TPSA) is 50.7 Å². The van der Waals surface area contributed by atoms with Gasteiger partial charge in [0.2, 0.25) is 0 Å². The molecule has 0 aliphatic rings. The van der Waals surface area contributed by atoms with Gasteiger partial charge in [-0.05, 0) is 19.1 Å². The number of aromatic nitrogens is 3. The molecule has 0 aliphatic heterocycles. The SMILES string of the molecule is CNc1nc(C)nnc1-c1cccc(F)c1. The van der Waals surface area contributed by atoms with Gasteiger partial charge in [0, 0.05) is 12.6 Å². The molecule has 82 valence electrons. The van der Waals surface area contributed by atoms with Crippen molar-refractivity contribution in [2.24, 2.45) is 0 Å². The van der Waals surface area contributed by atoms with Crippen LogP contribution in [0.1, 0.15) is 5.82 Å². The zero-order chi connectivity index (χ0) is 11.5. The monoisotopic (exact) mass is 218 g/mol. The summed E-state index contributed by atoms with van der Waals surface area (Å²) in [6.07, 6.45) is 0. The molecule has 0 radical (unpaired) electrons. The fourth-order valence-electron chi connectivity index (χ4n) is 1.41. The third-order valence-corrected chi connectivity index (χ3v) is 2.13. The molecule has 2 aromatic rings. The number of halogens is 1. The molecule has 0 spiro atoms. The van der Waals surface area contributed by atoms with Gasteiger partial charge in [-0.1, -0.05) is 12.1 Å². The van der Waals surface area contributed by atoms with Gasteiger partial charge >= 0.3 is 0 Å². The van der Waals surface area contributed by atoms with Crippen molar-refractivity contribution in [2.75, 3.05) is 12.4 Å². The van der Waals surface area contributed by atoms with Crippen LogP contribution in [0.2, 0.25) is 0 Å². The zero-order valence-corrected chi connectivity index (χ0v) is 9.03. The number of hydrogen-bond donors (Lipinski definition) is 1. The van der Waals surface area contributed by atoms with Crippen LogP contribution in [0.4, 0.5) is 10.2 Å². The average molecular weight is 218 g/mol. The maximum absolute atomic E-state index is 13.1. The summed E-state index contributed by atoms with van der Waals surface area (Å²) in [5, 5.41) is 10.8. The van der Waals surface area contributed by atoms with E-state index in [1.54, 1.807) is 26.1 Å². The minimum absolute atomic E-state index is 0.304. The first-order valence-electron chi connectivity index (χ1n) is 4.85. The number of aryl methyl sites for hydroxylation is 1. The highest BCUT2D eigenvalue weighted by molar-refractivity contribution is 5.70. The van der Waals surface area contributed by atoms with Gasteiger partial charge in [0.1, 0.15) is 17.3 Å². The fourth-order valence-corrected chi connectivity index (χ4v) is 1.41. The molecule has 0 atom stereocenters. The Labute approximate surface area is 92.6 Å². The van der Waals surface area contributed by atoms with E-state index in [-0.39, 0.29) is 5.82 Å². The van der Waals surface area contributed by atoms with E-state index in [9.17, 15) is 4.39 Å². The smallest absolute Gasteiger partial charge is 0.156 e. The summed E-state index contributed by atoms with van der Waals surface area (Å²) >= 11 is 0. The van der Waals surface area contributed by atoms with Gasteiger partial charge in [-0.2, -0.15) is 0 Å². The van der Waals surface area contributed by atoms with Crippen molar-refractivity contribution in [1.29, 1.82) is 0 Å². The summed E-state index contributed by atoms with van der Waals surface area (Å²) in [5.41, 5.74) is 1.21. The molecule has 0 aliphatic carbocycles. The minimum atomic E-state index is -0.304. The Balaban J connectivity index is 2.55. The first kappa shape index (κ1) is 10.5. The molecule has 0 fully saturated rings. The molecule has 0 amide bonds. The summed E-state index contributed by atoms with van der Waals surface area (Å²) in [6.45, 7) is 1.75. The maximum Gasteiger partial charge on any atom is 0.156 e. The first-order chi connectivity index (χ1) is 7.70. The molecule has 4 nitrogen and oxygen atoms in total. The number of nitrogens with zero attached hydrogens (tertiary/aromatic N) is 3. The third-order valence-electron chi connectivity index (χ3n) is 2.13. The second-order valence-electron chi connectivity index (χ2n) is 3.32. The molecule has 1 N–H and O–H groups in total. The molecular weight excluding hydrogens is 207 g/mol. The van der Waals surface area contributed by atoms with Crippen molar-refractivity contribution in [3.8, 4) is 11.3 Å². The van der Waals surface area contributed by atoms with Gasteiger partial charge in [-0.3, -0.25) is 0 Å². The number of benzene rings is 1. The van der Waals surface area contributed by atoms with Crippen molar-refractivity contribution < 1.29 is 4.39 Å². The van der Waals surface area contributed by atoms with E-state index in [0.29, 0.717) is 22.9 Å². The van der Waals surface area contributed by atoms with E-state index in [1.165, 1.54) is 12.1 Å². The third kappa shape index (κ3) is 1.98. The zero-order valence-electron chi connectivity index (χ0n) is 9.03. The minimum Gasteiger partial charge on any atom is -0.371 e. The highest BCUT2D eigenvalue weighted by Crippen LogP contribution is 2.23. The summed E-state index contributed by atoms with van der Waals surface area (Å²) in [5.74, 6) is 0.865. The lowest BCUT2D eigenvalue weighted by atomic mass is 10.1. The van der Waals surface area contributed by atoms with Gasteiger partial charge in [-0.25, -0.2) is 9.37 Å². The molecule has 0 bridgehead atoms. The van der Waals surface area contributed by atoms with Gasteiger partial charge in [0.05, 0.1) is 0 Å². The standard InChI is InChI=1S/C11H11FN4/c1-7-14-11(13-2)10(16-15-7)8-4-3-5-9(12)6-8/h3-6H,1-2H3,(H,13,14,15). The lowest BCUT2D eigenvalue weighted by molar-refractivity contribution is 0.628. The van der Waals surface area contributed by atoms with Gasteiger partial charge in [0.25, 0.3) is 0 Å². The van der Waals surface area contributed by atoms with Crippen LogP contribution in [0.25, 0.3) is 11.3 Å². The molecule has 0 saturated heterocycles. The van der Waals surface area contributed by atoms with Crippen LogP contribution < -0.4 is 5.32 Å². The van der Waals surface area contributed by atoms with Gasteiger partial charge in [-0.15, -0.1) is 10.2 Å². The fraction of sp³-hybridized carbons (Fsp3) is 0.182. The quantitative estimate of drug-likeness (QED) is 0.837. The van der Waals surface area contributed by atoms with Crippen LogP contribution in [-0.4, -0.2) is 22.2 Å².